The van der Waals surface area contributed by atoms with Crippen molar-refractivity contribution in [3.8, 4) is 0 Å². The highest BCUT2D eigenvalue weighted by atomic mass is 35.7. The van der Waals surface area contributed by atoms with Crippen LogP contribution >= 0.6 is 21.4 Å². The van der Waals surface area contributed by atoms with Crippen LogP contribution in [0.1, 0.15) is 24.0 Å². The molecule has 0 fully saturated rings. The van der Waals surface area contributed by atoms with Crippen LogP contribution in [0.15, 0.2) is 58.3 Å². The maximum absolute atomic E-state index is 12.3. The number of benzene rings is 2. The van der Waals surface area contributed by atoms with Crippen molar-refractivity contribution in [1.29, 1.82) is 0 Å². The number of aryl methyl sites for hydroxylation is 2. The molecule has 0 saturated carbocycles. The number of nitrogens with zero attached hydrogens (tertiary/aromatic N) is 2. The number of rotatable bonds is 10. The van der Waals surface area contributed by atoms with Crippen molar-refractivity contribution in [3.63, 3.8) is 0 Å². The molecule has 0 aliphatic rings. The first-order chi connectivity index (χ1) is 14.4. The van der Waals surface area contributed by atoms with E-state index in [2.05, 4.69) is 4.79 Å². The van der Waals surface area contributed by atoms with Crippen LogP contribution in [-0.4, -0.2) is 38.9 Å². The van der Waals surface area contributed by atoms with Crippen molar-refractivity contribution >= 4 is 56.7 Å². The molecule has 0 saturated heterocycles. The molecule has 2 rings (SSSR count). The molecule has 2 aromatic carbocycles. The lowest BCUT2D eigenvalue weighted by atomic mass is 9.99. The lowest BCUT2D eigenvalue weighted by Crippen LogP contribution is -2.26. The minimum absolute atomic E-state index is 0.0753. The molecule has 8 nitrogen and oxygen atoms in total. The number of ketones is 2. The molecular formula is C19H16Cl2N2O6S2. The summed E-state index contributed by atoms with van der Waals surface area (Å²) in [5.41, 5.74) is 9.78. The summed E-state index contributed by atoms with van der Waals surface area (Å²) in [7, 11) is 2.79. The summed E-state index contributed by atoms with van der Waals surface area (Å²) in [4.78, 5) is 27.2. The zero-order valence-electron chi connectivity index (χ0n) is 15.9. The standard InChI is InChI=1S/C19H16Cl2N2O6S2/c20-30(26,27)15-7-1-13(2-8-15)5-11-17(24)19(23-22)18(25)12-6-14-3-9-16(10-4-14)31(21,28)29/h1-4,7-10H,5-6,11-12H2. The molecule has 0 heterocycles. The van der Waals surface area contributed by atoms with E-state index in [9.17, 15) is 26.4 Å². The third kappa shape index (κ3) is 7.37. The van der Waals surface area contributed by atoms with Gasteiger partial charge in [-0.3, -0.25) is 9.59 Å². The Balaban J connectivity index is 1.94. The van der Waals surface area contributed by atoms with Gasteiger partial charge in [0.2, 0.25) is 11.6 Å². The smallest absolute Gasteiger partial charge is 0.360 e. The van der Waals surface area contributed by atoms with Crippen LogP contribution in [0, 0.1) is 0 Å². The molecule has 0 amide bonds. The van der Waals surface area contributed by atoms with E-state index in [1.807, 2.05) is 0 Å². The van der Waals surface area contributed by atoms with Crippen LogP contribution in [0.4, 0.5) is 0 Å². The minimum atomic E-state index is -3.85. The normalized spacial score (nSPS) is 11.5. The molecule has 0 bridgehead atoms. The van der Waals surface area contributed by atoms with Crippen LogP contribution in [0.25, 0.3) is 5.53 Å². The van der Waals surface area contributed by atoms with E-state index in [1.165, 1.54) is 48.5 Å². The highest BCUT2D eigenvalue weighted by Crippen LogP contribution is 2.17. The average Bonchev–Trinajstić information content (AvgIpc) is 2.70. The molecule has 0 aliphatic carbocycles. The fourth-order valence-corrected chi connectivity index (χ4v) is 4.20. The summed E-state index contributed by atoms with van der Waals surface area (Å²) < 4.78 is 44.9. The number of hydrogen-bond donors (Lipinski definition) is 0. The second kappa shape index (κ2) is 10.3. The second-order valence-corrected chi connectivity index (χ2v) is 11.6. The van der Waals surface area contributed by atoms with E-state index in [1.54, 1.807) is 0 Å². The van der Waals surface area contributed by atoms with E-state index in [-0.39, 0.29) is 35.5 Å². The Morgan fingerprint density at radius 2 is 1.03 bits per heavy atom. The molecule has 0 radical (unpaired) electrons. The minimum Gasteiger partial charge on any atom is -0.360 e. The van der Waals surface area contributed by atoms with Gasteiger partial charge >= 0.3 is 5.71 Å². The summed E-state index contributed by atoms with van der Waals surface area (Å²) in [5, 5.41) is 0. The van der Waals surface area contributed by atoms with Gasteiger partial charge in [0.05, 0.1) is 9.79 Å². The summed E-state index contributed by atoms with van der Waals surface area (Å²) in [6.07, 6.45) is 0.144. The van der Waals surface area contributed by atoms with Crippen LogP contribution in [0.5, 0.6) is 0 Å². The van der Waals surface area contributed by atoms with Crippen molar-refractivity contribution in [2.24, 2.45) is 0 Å². The predicted molar refractivity (Wildman–Crippen MR) is 114 cm³/mol. The molecule has 2 aromatic rings. The molecule has 164 valence electrons. The highest BCUT2D eigenvalue weighted by Gasteiger charge is 2.28. The molecule has 12 heteroatoms. The van der Waals surface area contributed by atoms with Crippen LogP contribution in [0.3, 0.4) is 0 Å². The van der Waals surface area contributed by atoms with E-state index < -0.39 is 35.4 Å². The largest absolute Gasteiger partial charge is 0.400 e. The lowest BCUT2D eigenvalue weighted by molar-refractivity contribution is -0.124. The number of hydrogen-bond acceptors (Lipinski definition) is 6. The van der Waals surface area contributed by atoms with Gasteiger partial charge < -0.3 is 5.53 Å². The number of halogens is 2. The molecular weight excluding hydrogens is 487 g/mol. The van der Waals surface area contributed by atoms with E-state index >= 15 is 0 Å². The Morgan fingerprint density at radius 3 is 1.29 bits per heavy atom. The third-order valence-corrected chi connectivity index (χ3v) is 7.06. The van der Waals surface area contributed by atoms with Crippen LogP contribution < -0.4 is 0 Å². The van der Waals surface area contributed by atoms with Gasteiger partial charge in [-0.2, -0.15) is 4.79 Å². The molecule has 0 unspecified atom stereocenters. The van der Waals surface area contributed by atoms with Crippen molar-refractivity contribution in [3.05, 3.63) is 65.2 Å². The van der Waals surface area contributed by atoms with Gasteiger partial charge in [0, 0.05) is 34.2 Å². The van der Waals surface area contributed by atoms with Crippen molar-refractivity contribution in [2.45, 2.75) is 35.5 Å². The summed E-state index contributed by atoms with van der Waals surface area (Å²) >= 11 is 0. The fourth-order valence-electron chi connectivity index (χ4n) is 2.66. The third-order valence-electron chi connectivity index (χ3n) is 4.32. The Bertz CT molecular complexity index is 1160. The summed E-state index contributed by atoms with van der Waals surface area (Å²) in [5.74, 6) is -1.32. The van der Waals surface area contributed by atoms with E-state index in [0.29, 0.717) is 11.1 Å². The number of carbonyl (C=O) groups excluding carboxylic acids is 2. The highest BCUT2D eigenvalue weighted by molar-refractivity contribution is 8.14. The summed E-state index contributed by atoms with van der Waals surface area (Å²) in [6, 6.07) is 11.2. The first-order valence-electron chi connectivity index (χ1n) is 8.77. The molecule has 31 heavy (non-hydrogen) atoms. The summed E-state index contributed by atoms with van der Waals surface area (Å²) in [6.45, 7) is 0. The quantitative estimate of drug-likeness (QED) is 0.161. The zero-order valence-corrected chi connectivity index (χ0v) is 19.0. The molecule has 0 atom stereocenters. The Labute approximate surface area is 188 Å². The Hall–Kier alpha value is -2.36. The van der Waals surface area contributed by atoms with Gasteiger partial charge in [-0.1, -0.05) is 24.3 Å². The van der Waals surface area contributed by atoms with Gasteiger partial charge in [-0.15, -0.1) is 0 Å². The topological polar surface area (TPSA) is 139 Å². The van der Waals surface area contributed by atoms with Gasteiger partial charge in [0.25, 0.3) is 18.1 Å². The lowest BCUT2D eigenvalue weighted by Gasteiger charge is -2.02. The average molecular weight is 503 g/mol. The van der Waals surface area contributed by atoms with E-state index in [4.69, 9.17) is 26.9 Å². The SMILES string of the molecule is [N-]=[N+]=C(C(=O)CCc1ccc(S(=O)(=O)Cl)cc1)C(=O)CCc1ccc(S(=O)(=O)Cl)cc1. The molecule has 0 aliphatic heterocycles. The van der Waals surface area contributed by atoms with Crippen molar-refractivity contribution in [1.82, 2.24) is 0 Å². The first kappa shape index (κ1) is 24.9. The van der Waals surface area contributed by atoms with Gasteiger partial charge in [0.1, 0.15) is 0 Å². The van der Waals surface area contributed by atoms with Crippen LogP contribution in [-0.2, 0) is 40.5 Å². The first-order valence-corrected chi connectivity index (χ1v) is 13.4. The Morgan fingerprint density at radius 1 is 0.710 bits per heavy atom. The zero-order chi connectivity index (χ0) is 23.2. The van der Waals surface area contributed by atoms with E-state index in [0.717, 1.165) is 0 Å². The maximum atomic E-state index is 12.3. The second-order valence-electron chi connectivity index (χ2n) is 6.46. The van der Waals surface area contributed by atoms with Crippen molar-refractivity contribution < 1.29 is 31.2 Å². The Kier molecular flexibility index (Phi) is 8.27. The number of Topliss-reactive ketones (excluding diaryl/α,β-unsaturated/α-hetero) is 2. The van der Waals surface area contributed by atoms with Gasteiger partial charge in [0.15, 0.2) is 0 Å². The van der Waals surface area contributed by atoms with Gasteiger partial charge in [-0.25, -0.2) is 16.8 Å². The molecule has 0 spiro atoms. The molecule has 0 aromatic heterocycles. The van der Waals surface area contributed by atoms with Gasteiger partial charge in [-0.05, 0) is 48.2 Å². The van der Waals surface area contributed by atoms with Crippen LogP contribution in [0.2, 0.25) is 0 Å². The predicted octanol–water partition coefficient (Wildman–Crippen LogP) is 2.92. The molecule has 0 N–H and O–H groups in total. The monoisotopic (exact) mass is 502 g/mol. The number of carbonyl (C=O) groups is 2. The van der Waals surface area contributed by atoms with Crippen molar-refractivity contribution in [2.75, 3.05) is 0 Å². The maximum Gasteiger partial charge on any atom is 0.400 e. The fraction of sp³-hybridized carbons (Fsp3) is 0.211.